The van der Waals surface area contributed by atoms with Crippen LogP contribution in [0.4, 0.5) is 0 Å². The van der Waals surface area contributed by atoms with Crippen LogP contribution >= 0.6 is 0 Å². The van der Waals surface area contributed by atoms with E-state index in [1.807, 2.05) is 6.08 Å². The Morgan fingerprint density at radius 2 is 1.85 bits per heavy atom. The Morgan fingerprint density at radius 3 is 2.52 bits per heavy atom. The van der Waals surface area contributed by atoms with Crippen molar-refractivity contribution in [3.05, 3.63) is 35.4 Å². The Balaban J connectivity index is 1.57. The number of aromatic hydroxyl groups is 2. The minimum atomic E-state index is -1.18. The number of rotatable bonds is 2. The number of phenols is 2. The first-order chi connectivity index (χ1) is 12.5. The van der Waals surface area contributed by atoms with Crippen LogP contribution < -0.4 is 0 Å². The molecule has 27 heavy (non-hydrogen) atoms. The molecule has 3 aliphatic carbocycles. The van der Waals surface area contributed by atoms with Crippen molar-refractivity contribution in [1.29, 1.82) is 0 Å². The first kappa shape index (κ1) is 18.4. The summed E-state index contributed by atoms with van der Waals surface area (Å²) >= 11 is 0. The second-order valence-electron chi connectivity index (χ2n) is 9.70. The van der Waals surface area contributed by atoms with E-state index in [0.29, 0.717) is 23.8 Å². The number of aliphatic hydroxyl groups is 1. The van der Waals surface area contributed by atoms with Crippen LogP contribution in [0.3, 0.4) is 0 Å². The third-order valence-corrected chi connectivity index (χ3v) is 7.26. The minimum absolute atomic E-state index is 0.0321. The number of phenolic OH excluding ortho intramolecular Hbond substituents is 2. The highest BCUT2D eigenvalue weighted by molar-refractivity contribution is 5.94. The fraction of sp³-hybridized carbons (Fsp3) is 0.591. The summed E-state index contributed by atoms with van der Waals surface area (Å²) in [6.07, 6.45) is 6.08. The van der Waals surface area contributed by atoms with E-state index >= 15 is 0 Å². The Kier molecular flexibility index (Phi) is 3.74. The van der Waals surface area contributed by atoms with Gasteiger partial charge in [0.25, 0.3) is 0 Å². The van der Waals surface area contributed by atoms with Crippen molar-refractivity contribution in [1.82, 2.24) is 0 Å². The molecule has 3 N–H and O–H groups in total. The molecule has 0 amide bonds. The maximum absolute atomic E-state index is 12.7. The van der Waals surface area contributed by atoms with Crippen LogP contribution in [0.5, 0.6) is 11.5 Å². The summed E-state index contributed by atoms with van der Waals surface area (Å²) in [5.41, 5.74) is -0.764. The zero-order valence-corrected chi connectivity index (χ0v) is 16.3. The summed E-state index contributed by atoms with van der Waals surface area (Å²) in [4.78, 5) is 12.7. The van der Waals surface area contributed by atoms with E-state index in [0.717, 1.165) is 18.9 Å². The van der Waals surface area contributed by atoms with Crippen molar-refractivity contribution in [2.75, 3.05) is 0 Å². The molecule has 0 bridgehead atoms. The molecule has 5 nitrogen and oxygen atoms in total. The molecule has 0 heterocycles. The average Bonchev–Trinajstić information content (AvgIpc) is 2.85. The van der Waals surface area contributed by atoms with Crippen LogP contribution in [0.15, 0.2) is 24.3 Å². The second-order valence-corrected chi connectivity index (χ2v) is 9.70. The van der Waals surface area contributed by atoms with Crippen LogP contribution in [0.25, 0.3) is 0 Å². The molecule has 4 rings (SSSR count). The van der Waals surface area contributed by atoms with Crippen molar-refractivity contribution in [2.45, 2.75) is 58.7 Å². The first-order valence-electron chi connectivity index (χ1n) is 9.62. The minimum Gasteiger partial charge on any atom is -0.508 e. The van der Waals surface area contributed by atoms with E-state index in [9.17, 15) is 20.1 Å². The standard InChI is InChI=1S/C22H28O5/c1-12-7-14(23)8-16(24)18(12)19(25)27-17-11-21(4)15-10-20(2,3)9-13(15)5-6-22(17,21)26/h5-8,13,15,17,23-24,26H,9-11H2,1-4H3/t13?,15?,17-,21-,22+/m1/s1. The number of ether oxygens (including phenoxy) is 1. The third kappa shape index (κ3) is 2.51. The monoisotopic (exact) mass is 372 g/mol. The van der Waals surface area contributed by atoms with Gasteiger partial charge in [0.2, 0.25) is 0 Å². The molecule has 0 aromatic heterocycles. The molecule has 2 saturated carbocycles. The SMILES string of the molecule is Cc1cc(O)cc(O)c1C(=O)O[C@@H]1C[C@]2(C)C3CC(C)(C)CC3C=C[C@]12O. The Bertz CT molecular complexity index is 818. The molecule has 1 aromatic carbocycles. The van der Waals surface area contributed by atoms with Gasteiger partial charge in [0.05, 0.1) is 0 Å². The van der Waals surface area contributed by atoms with E-state index in [2.05, 4.69) is 26.8 Å². The zero-order chi connectivity index (χ0) is 19.8. The first-order valence-corrected chi connectivity index (χ1v) is 9.62. The van der Waals surface area contributed by atoms with Gasteiger partial charge in [-0.1, -0.05) is 32.9 Å². The Morgan fingerprint density at radius 1 is 1.15 bits per heavy atom. The molecule has 0 aliphatic heterocycles. The molecule has 0 radical (unpaired) electrons. The predicted molar refractivity (Wildman–Crippen MR) is 101 cm³/mol. The smallest absolute Gasteiger partial charge is 0.342 e. The van der Waals surface area contributed by atoms with Crippen LogP contribution in [0.1, 0.15) is 56.0 Å². The Labute approximate surface area is 159 Å². The fourth-order valence-corrected chi connectivity index (χ4v) is 5.80. The van der Waals surface area contributed by atoms with Crippen molar-refractivity contribution < 1.29 is 24.9 Å². The lowest BCUT2D eigenvalue weighted by Gasteiger charge is -2.63. The van der Waals surface area contributed by atoms with Crippen molar-refractivity contribution in [3.63, 3.8) is 0 Å². The molecule has 146 valence electrons. The van der Waals surface area contributed by atoms with Gasteiger partial charge >= 0.3 is 5.97 Å². The maximum atomic E-state index is 12.7. The molecule has 3 aliphatic rings. The summed E-state index contributed by atoms with van der Waals surface area (Å²) < 4.78 is 5.63. The highest BCUT2D eigenvalue weighted by Gasteiger charge is 2.69. The maximum Gasteiger partial charge on any atom is 0.342 e. The van der Waals surface area contributed by atoms with Gasteiger partial charge in [-0.2, -0.15) is 0 Å². The lowest BCUT2D eigenvalue weighted by atomic mass is 9.46. The highest BCUT2D eigenvalue weighted by Crippen LogP contribution is 2.66. The number of hydrogen-bond acceptors (Lipinski definition) is 5. The van der Waals surface area contributed by atoms with Gasteiger partial charge in [-0.25, -0.2) is 4.79 Å². The van der Waals surface area contributed by atoms with Gasteiger partial charge in [0.1, 0.15) is 28.8 Å². The summed E-state index contributed by atoms with van der Waals surface area (Å²) in [5, 5.41) is 31.0. The number of carbonyl (C=O) groups is 1. The van der Waals surface area contributed by atoms with Crippen molar-refractivity contribution in [2.24, 2.45) is 22.7 Å². The number of hydrogen-bond donors (Lipinski definition) is 3. The van der Waals surface area contributed by atoms with Gasteiger partial charge in [-0.05, 0) is 55.1 Å². The number of aryl methyl sites for hydroxylation is 1. The molecule has 5 heteroatoms. The number of carbonyl (C=O) groups excluding carboxylic acids is 1. The van der Waals surface area contributed by atoms with Gasteiger partial charge in [-0.3, -0.25) is 0 Å². The predicted octanol–water partition coefficient (Wildman–Crippen LogP) is 3.69. The molecule has 2 unspecified atom stereocenters. The molecule has 1 aromatic rings. The van der Waals surface area contributed by atoms with E-state index in [4.69, 9.17) is 4.74 Å². The fourth-order valence-electron chi connectivity index (χ4n) is 5.80. The molecular weight excluding hydrogens is 344 g/mol. The van der Waals surface area contributed by atoms with E-state index in [-0.39, 0.29) is 27.9 Å². The van der Waals surface area contributed by atoms with Crippen molar-refractivity contribution in [3.8, 4) is 11.5 Å². The van der Waals surface area contributed by atoms with Crippen LogP contribution in [-0.2, 0) is 4.74 Å². The van der Waals surface area contributed by atoms with Gasteiger partial charge < -0.3 is 20.1 Å². The summed E-state index contributed by atoms with van der Waals surface area (Å²) in [6.45, 7) is 8.27. The lowest BCUT2D eigenvalue weighted by molar-refractivity contribution is -0.241. The van der Waals surface area contributed by atoms with Gasteiger partial charge in [-0.15, -0.1) is 0 Å². The topological polar surface area (TPSA) is 87.0 Å². The zero-order valence-electron chi connectivity index (χ0n) is 16.3. The number of allylic oxidation sites excluding steroid dienone is 1. The molecular formula is C22H28O5. The third-order valence-electron chi connectivity index (χ3n) is 7.26. The lowest BCUT2D eigenvalue weighted by Crippen LogP contribution is -2.70. The quantitative estimate of drug-likeness (QED) is 0.544. The Hall–Kier alpha value is -2.01. The number of benzene rings is 1. The average molecular weight is 372 g/mol. The summed E-state index contributed by atoms with van der Waals surface area (Å²) in [5.74, 6) is -0.260. The van der Waals surface area contributed by atoms with Crippen molar-refractivity contribution >= 4 is 5.97 Å². The summed E-state index contributed by atoms with van der Waals surface area (Å²) in [6, 6.07) is 2.52. The number of esters is 1. The molecule has 2 fully saturated rings. The van der Waals surface area contributed by atoms with E-state index < -0.39 is 17.7 Å². The van der Waals surface area contributed by atoms with Crippen LogP contribution in [-0.4, -0.2) is 33.0 Å². The van der Waals surface area contributed by atoms with Crippen LogP contribution in [0.2, 0.25) is 0 Å². The number of fused-ring (bicyclic) bond motifs is 3. The van der Waals surface area contributed by atoms with E-state index in [1.165, 1.54) is 6.07 Å². The van der Waals surface area contributed by atoms with Crippen LogP contribution in [0, 0.1) is 29.6 Å². The molecule has 5 atom stereocenters. The largest absolute Gasteiger partial charge is 0.508 e. The summed E-state index contributed by atoms with van der Waals surface area (Å²) in [7, 11) is 0. The second kappa shape index (κ2) is 5.51. The van der Waals surface area contributed by atoms with Gasteiger partial charge in [0.15, 0.2) is 0 Å². The normalized spacial score (nSPS) is 38.6. The highest BCUT2D eigenvalue weighted by atomic mass is 16.6. The van der Waals surface area contributed by atoms with Gasteiger partial charge in [0, 0.05) is 11.5 Å². The van der Waals surface area contributed by atoms with E-state index in [1.54, 1.807) is 6.92 Å². The molecule has 0 spiro atoms. The molecule has 0 saturated heterocycles.